The van der Waals surface area contributed by atoms with Gasteiger partial charge in [0.15, 0.2) is 0 Å². The molecule has 0 spiro atoms. The first-order valence-corrected chi connectivity index (χ1v) is 8.28. The van der Waals surface area contributed by atoms with Crippen LogP contribution in [-0.2, 0) is 5.41 Å². The van der Waals surface area contributed by atoms with Crippen molar-refractivity contribution in [1.29, 1.82) is 0 Å². The van der Waals surface area contributed by atoms with E-state index in [-0.39, 0.29) is 5.41 Å². The van der Waals surface area contributed by atoms with Crippen LogP contribution in [0.15, 0.2) is 51.1 Å². The van der Waals surface area contributed by atoms with Crippen molar-refractivity contribution in [2.45, 2.75) is 42.4 Å². The van der Waals surface area contributed by atoms with Crippen LogP contribution < -0.4 is 0 Å². The highest BCUT2D eigenvalue weighted by Gasteiger charge is 2.36. The van der Waals surface area contributed by atoms with E-state index in [1.54, 1.807) is 0 Å². The predicted molar refractivity (Wildman–Crippen MR) is 97.5 cm³/mol. The fourth-order valence-electron chi connectivity index (χ4n) is 3.17. The van der Waals surface area contributed by atoms with Crippen LogP contribution in [0.5, 0.6) is 0 Å². The summed E-state index contributed by atoms with van der Waals surface area (Å²) in [7, 11) is 0. The molecule has 0 N–H and O–H groups in total. The van der Waals surface area contributed by atoms with Gasteiger partial charge in [-0.1, -0.05) is 45.1 Å². The molecule has 0 saturated carbocycles. The lowest BCUT2D eigenvalue weighted by atomic mass is 9.67. The zero-order valence-electron chi connectivity index (χ0n) is 12.2. The topological polar surface area (TPSA) is 0 Å². The summed E-state index contributed by atoms with van der Waals surface area (Å²) in [6, 6.07) is 6.26. The van der Waals surface area contributed by atoms with Gasteiger partial charge in [-0.05, 0) is 30.0 Å². The molecule has 0 radical (unpaired) electrons. The zero-order chi connectivity index (χ0) is 14.9. The predicted octanol–water partition coefficient (Wildman–Crippen LogP) is 5.57. The highest BCUT2D eigenvalue weighted by Crippen LogP contribution is 2.44. The second-order valence-corrected chi connectivity index (χ2v) is 7.71. The molecular weight excluding hydrogens is 300 g/mol. The van der Waals surface area contributed by atoms with Crippen LogP contribution in [0, 0.1) is 11.8 Å². The Bertz CT molecular complexity index is 557. The summed E-state index contributed by atoms with van der Waals surface area (Å²) in [5, 5.41) is 0. The monoisotopic (exact) mass is 322 g/mol. The fraction of sp³-hybridized carbons (Fsp3) is 0.412. The summed E-state index contributed by atoms with van der Waals surface area (Å²) in [5.41, 5.74) is 1.33. The first-order valence-electron chi connectivity index (χ1n) is 6.94. The van der Waals surface area contributed by atoms with E-state index in [0.717, 1.165) is 21.1 Å². The summed E-state index contributed by atoms with van der Waals surface area (Å²) in [5.74, 6) is 0.989. The van der Waals surface area contributed by atoms with Gasteiger partial charge < -0.3 is 0 Å². The smallest absolute Gasteiger partial charge is 0.00889 e. The third kappa shape index (κ3) is 3.32. The van der Waals surface area contributed by atoms with Gasteiger partial charge in [-0.15, -0.1) is 37.9 Å². The van der Waals surface area contributed by atoms with Crippen molar-refractivity contribution in [2.24, 2.45) is 11.8 Å². The highest BCUT2D eigenvalue weighted by atomic mass is 32.1. The van der Waals surface area contributed by atoms with Crippen LogP contribution in [0.2, 0.25) is 0 Å². The van der Waals surface area contributed by atoms with E-state index >= 15 is 0 Å². The molecule has 1 aromatic carbocycles. The largest absolute Gasteiger partial charge is 0.144 e. The van der Waals surface area contributed by atoms with Gasteiger partial charge in [0.1, 0.15) is 0 Å². The highest BCUT2D eigenvalue weighted by molar-refractivity contribution is 7.84. The number of rotatable bonds is 4. The molecule has 0 bridgehead atoms. The van der Waals surface area contributed by atoms with Crippen LogP contribution in [0.25, 0.3) is 0 Å². The average molecular weight is 323 g/mol. The van der Waals surface area contributed by atoms with Crippen molar-refractivity contribution >= 4 is 37.9 Å². The molecule has 0 aliphatic heterocycles. The van der Waals surface area contributed by atoms with Gasteiger partial charge in [0.2, 0.25) is 0 Å². The molecule has 1 aromatic rings. The SMILES string of the molecule is CC(C)CC(C)(c1ccc(S)cc1S)C1C=CC(S)=C1. The molecule has 2 atom stereocenters. The van der Waals surface area contributed by atoms with Crippen molar-refractivity contribution in [2.75, 3.05) is 0 Å². The summed E-state index contributed by atoms with van der Waals surface area (Å²) in [6.07, 6.45) is 7.70. The maximum Gasteiger partial charge on any atom is 0.00889 e. The molecule has 0 aromatic heterocycles. The van der Waals surface area contributed by atoms with Gasteiger partial charge in [-0.3, -0.25) is 0 Å². The minimum Gasteiger partial charge on any atom is -0.144 e. The Morgan fingerprint density at radius 1 is 1.20 bits per heavy atom. The lowest BCUT2D eigenvalue weighted by Gasteiger charge is -2.37. The van der Waals surface area contributed by atoms with Crippen LogP contribution in [0.3, 0.4) is 0 Å². The van der Waals surface area contributed by atoms with E-state index in [0.29, 0.717) is 11.8 Å². The van der Waals surface area contributed by atoms with Gasteiger partial charge in [0.25, 0.3) is 0 Å². The van der Waals surface area contributed by atoms with E-state index < -0.39 is 0 Å². The summed E-state index contributed by atoms with van der Waals surface area (Å²) in [4.78, 5) is 3.03. The average Bonchev–Trinajstić information content (AvgIpc) is 2.75. The quantitative estimate of drug-likeness (QED) is 0.593. The molecule has 2 unspecified atom stereocenters. The summed E-state index contributed by atoms with van der Waals surface area (Å²) >= 11 is 13.6. The molecular formula is C17H22S3. The Morgan fingerprint density at radius 2 is 1.90 bits per heavy atom. The molecule has 0 heterocycles. The molecule has 1 aliphatic rings. The summed E-state index contributed by atoms with van der Waals surface area (Å²) < 4.78 is 0. The number of allylic oxidation sites excluding steroid dienone is 3. The maximum atomic E-state index is 4.69. The summed E-state index contributed by atoms with van der Waals surface area (Å²) in [6.45, 7) is 6.87. The third-order valence-corrected chi connectivity index (χ3v) is 4.94. The zero-order valence-corrected chi connectivity index (χ0v) is 14.9. The van der Waals surface area contributed by atoms with E-state index in [1.807, 2.05) is 6.07 Å². The Balaban J connectivity index is 2.49. The molecule has 1 aliphatic carbocycles. The Hall–Kier alpha value is -0.250. The minimum atomic E-state index is 0.0354. The van der Waals surface area contributed by atoms with E-state index in [1.165, 1.54) is 5.56 Å². The number of hydrogen-bond acceptors (Lipinski definition) is 3. The van der Waals surface area contributed by atoms with Crippen molar-refractivity contribution in [1.82, 2.24) is 0 Å². The molecule has 2 rings (SSSR count). The molecule has 0 amide bonds. The Kier molecular flexibility index (Phi) is 5.04. The number of benzene rings is 1. The van der Waals surface area contributed by atoms with Crippen molar-refractivity contribution < 1.29 is 0 Å². The third-order valence-electron chi connectivity index (χ3n) is 3.99. The standard InChI is InChI=1S/C17H22S3/c1-11(2)10-17(3,12-4-5-13(18)8-12)15-7-6-14(19)9-16(15)20/h4-9,11-12,18-20H,10H2,1-3H3. The van der Waals surface area contributed by atoms with Crippen molar-refractivity contribution in [3.05, 3.63) is 46.9 Å². The van der Waals surface area contributed by atoms with E-state index in [4.69, 9.17) is 0 Å². The Morgan fingerprint density at radius 3 is 2.40 bits per heavy atom. The molecule has 0 saturated heterocycles. The number of thiol groups is 3. The maximum absolute atomic E-state index is 4.69. The molecule has 108 valence electrons. The van der Waals surface area contributed by atoms with Crippen LogP contribution in [0.4, 0.5) is 0 Å². The lowest BCUT2D eigenvalue weighted by Crippen LogP contribution is -2.31. The second kappa shape index (κ2) is 6.25. The number of hydrogen-bond donors (Lipinski definition) is 3. The second-order valence-electron chi connectivity index (χ2n) is 6.19. The van der Waals surface area contributed by atoms with Gasteiger partial charge in [0, 0.05) is 26.0 Å². The molecule has 0 fully saturated rings. The van der Waals surface area contributed by atoms with Crippen molar-refractivity contribution in [3.63, 3.8) is 0 Å². The minimum absolute atomic E-state index is 0.0354. The lowest BCUT2D eigenvalue weighted by molar-refractivity contribution is 0.317. The van der Waals surface area contributed by atoms with Crippen LogP contribution >= 0.6 is 37.9 Å². The molecule has 0 nitrogen and oxygen atoms in total. The van der Waals surface area contributed by atoms with Gasteiger partial charge in [-0.2, -0.15) is 0 Å². The van der Waals surface area contributed by atoms with Crippen LogP contribution in [-0.4, -0.2) is 0 Å². The van der Waals surface area contributed by atoms with Crippen molar-refractivity contribution in [3.8, 4) is 0 Å². The first-order chi connectivity index (χ1) is 9.33. The van der Waals surface area contributed by atoms with E-state index in [2.05, 4.69) is 89.0 Å². The Labute approximate surface area is 139 Å². The van der Waals surface area contributed by atoms with Crippen LogP contribution in [0.1, 0.15) is 32.8 Å². The fourth-order valence-corrected chi connectivity index (χ4v) is 4.19. The van der Waals surface area contributed by atoms with E-state index in [9.17, 15) is 0 Å². The first kappa shape index (κ1) is 16.1. The van der Waals surface area contributed by atoms with Gasteiger partial charge >= 0.3 is 0 Å². The molecule has 20 heavy (non-hydrogen) atoms. The van der Waals surface area contributed by atoms with Gasteiger partial charge in [0.05, 0.1) is 0 Å². The van der Waals surface area contributed by atoms with Gasteiger partial charge in [-0.25, -0.2) is 0 Å². The molecule has 3 heteroatoms. The normalized spacial score (nSPS) is 21.1.